The summed E-state index contributed by atoms with van der Waals surface area (Å²) in [6.07, 6.45) is 1.84. The molecule has 0 aromatic carbocycles. The maximum absolute atomic E-state index is 10.7. The summed E-state index contributed by atoms with van der Waals surface area (Å²) in [7, 11) is 0. The lowest BCUT2D eigenvalue weighted by atomic mass is 10.1. The zero-order valence-corrected chi connectivity index (χ0v) is 7.34. The zero-order chi connectivity index (χ0) is 9.42. The number of hydrogen-bond donors (Lipinski definition) is 1. The number of ether oxygens (including phenoxy) is 1. The molecule has 0 saturated carbocycles. The molecule has 13 heavy (non-hydrogen) atoms. The minimum Gasteiger partial charge on any atom is -0.492 e. The number of hydrogen-bond acceptors (Lipinski definition) is 3. The van der Waals surface area contributed by atoms with E-state index in [2.05, 4.69) is 4.98 Å². The molecule has 0 atom stereocenters. The quantitative estimate of drug-likeness (QED) is 0.694. The Morgan fingerprint density at radius 2 is 2.46 bits per heavy atom. The van der Waals surface area contributed by atoms with Gasteiger partial charge in [0.25, 0.3) is 0 Å². The standard InChI is InChI=1S/C8H6ClNO3/c9-7-4-1-2-13-6(4)5(3-10-7)8(11)12/h3H,1-2H2,(H,11,12). The molecule has 2 heterocycles. The van der Waals surface area contributed by atoms with Gasteiger partial charge < -0.3 is 9.84 Å². The monoisotopic (exact) mass is 199 g/mol. The molecule has 0 radical (unpaired) electrons. The van der Waals surface area contributed by atoms with E-state index in [0.717, 1.165) is 0 Å². The van der Waals surface area contributed by atoms with E-state index in [0.29, 0.717) is 29.5 Å². The minimum absolute atomic E-state index is 0.0805. The molecule has 0 aliphatic carbocycles. The molecule has 0 unspecified atom stereocenters. The SMILES string of the molecule is O=C(O)c1cnc(Cl)c2c1OCC2. The maximum Gasteiger partial charge on any atom is 0.341 e. The van der Waals surface area contributed by atoms with Gasteiger partial charge in [-0.25, -0.2) is 9.78 Å². The van der Waals surface area contributed by atoms with Gasteiger partial charge in [0.15, 0.2) is 0 Å². The average molecular weight is 200 g/mol. The van der Waals surface area contributed by atoms with Crippen molar-refractivity contribution < 1.29 is 14.6 Å². The van der Waals surface area contributed by atoms with Crippen LogP contribution in [0.25, 0.3) is 0 Å². The Hall–Kier alpha value is -1.29. The zero-order valence-electron chi connectivity index (χ0n) is 6.58. The second-order valence-electron chi connectivity index (χ2n) is 2.67. The van der Waals surface area contributed by atoms with Crippen LogP contribution in [0.5, 0.6) is 5.75 Å². The van der Waals surface area contributed by atoms with Crippen LogP contribution in [0.2, 0.25) is 5.15 Å². The number of rotatable bonds is 1. The van der Waals surface area contributed by atoms with Crippen LogP contribution in [0.3, 0.4) is 0 Å². The highest BCUT2D eigenvalue weighted by Gasteiger charge is 2.23. The first kappa shape index (κ1) is 8.31. The highest BCUT2D eigenvalue weighted by atomic mass is 35.5. The van der Waals surface area contributed by atoms with Crippen LogP contribution < -0.4 is 4.74 Å². The predicted octanol–water partition coefficient (Wildman–Crippen LogP) is 1.37. The lowest BCUT2D eigenvalue weighted by molar-refractivity contribution is 0.0693. The largest absolute Gasteiger partial charge is 0.492 e. The van der Waals surface area contributed by atoms with E-state index in [1.165, 1.54) is 6.20 Å². The number of carbonyl (C=O) groups is 1. The molecule has 2 rings (SSSR count). The van der Waals surface area contributed by atoms with Gasteiger partial charge in [0, 0.05) is 18.2 Å². The van der Waals surface area contributed by atoms with Crippen molar-refractivity contribution in [2.75, 3.05) is 6.61 Å². The highest BCUT2D eigenvalue weighted by Crippen LogP contribution is 2.33. The molecule has 68 valence electrons. The first-order valence-corrected chi connectivity index (χ1v) is 4.11. The molecule has 4 nitrogen and oxygen atoms in total. The van der Waals surface area contributed by atoms with Crippen LogP contribution in [0, 0.1) is 0 Å². The molecule has 1 aromatic heterocycles. The highest BCUT2D eigenvalue weighted by molar-refractivity contribution is 6.30. The second kappa shape index (κ2) is 2.88. The molecule has 5 heteroatoms. The van der Waals surface area contributed by atoms with Gasteiger partial charge in [-0.1, -0.05) is 11.6 Å². The van der Waals surface area contributed by atoms with E-state index < -0.39 is 5.97 Å². The molecule has 0 amide bonds. The average Bonchev–Trinajstić information content (AvgIpc) is 2.53. The van der Waals surface area contributed by atoms with Crippen LogP contribution in [0.15, 0.2) is 6.20 Å². The van der Waals surface area contributed by atoms with Crippen molar-refractivity contribution in [3.8, 4) is 5.75 Å². The van der Waals surface area contributed by atoms with Gasteiger partial charge in [0.1, 0.15) is 16.5 Å². The molecule has 1 aliphatic rings. The van der Waals surface area contributed by atoms with Crippen LogP contribution in [0.4, 0.5) is 0 Å². The third-order valence-electron chi connectivity index (χ3n) is 1.90. The Morgan fingerprint density at radius 1 is 1.69 bits per heavy atom. The Bertz CT molecular complexity index is 378. The number of fused-ring (bicyclic) bond motifs is 1. The summed E-state index contributed by atoms with van der Waals surface area (Å²) in [5.74, 6) is -0.671. The summed E-state index contributed by atoms with van der Waals surface area (Å²) in [5, 5.41) is 9.11. The Labute approximate surface area is 79.1 Å². The topological polar surface area (TPSA) is 59.4 Å². The van der Waals surface area contributed by atoms with Gasteiger partial charge in [-0.15, -0.1) is 0 Å². The predicted molar refractivity (Wildman–Crippen MR) is 45.4 cm³/mol. The van der Waals surface area contributed by atoms with E-state index >= 15 is 0 Å². The van der Waals surface area contributed by atoms with E-state index in [1.54, 1.807) is 0 Å². The van der Waals surface area contributed by atoms with E-state index in [1.807, 2.05) is 0 Å². The van der Waals surface area contributed by atoms with Gasteiger partial charge in [0.2, 0.25) is 0 Å². The molecule has 0 spiro atoms. The number of aromatic nitrogens is 1. The van der Waals surface area contributed by atoms with Crippen molar-refractivity contribution >= 4 is 17.6 Å². The molecule has 0 bridgehead atoms. The Morgan fingerprint density at radius 3 is 3.15 bits per heavy atom. The summed E-state index contributed by atoms with van der Waals surface area (Å²) in [4.78, 5) is 14.5. The van der Waals surface area contributed by atoms with Crippen LogP contribution >= 0.6 is 11.6 Å². The number of carboxylic acids is 1. The summed E-state index contributed by atoms with van der Waals surface area (Å²) >= 11 is 5.76. The van der Waals surface area contributed by atoms with E-state index in [9.17, 15) is 4.79 Å². The summed E-state index contributed by atoms with van der Waals surface area (Å²) < 4.78 is 5.17. The first-order valence-electron chi connectivity index (χ1n) is 3.73. The molecule has 1 aliphatic heterocycles. The fourth-order valence-electron chi connectivity index (χ4n) is 1.30. The molecule has 0 fully saturated rings. The molecule has 1 N–H and O–H groups in total. The minimum atomic E-state index is -1.04. The molecular formula is C8H6ClNO3. The first-order chi connectivity index (χ1) is 6.20. The van der Waals surface area contributed by atoms with Crippen molar-refractivity contribution in [3.63, 3.8) is 0 Å². The Kier molecular flexibility index (Phi) is 1.84. The molecular weight excluding hydrogens is 194 g/mol. The lowest BCUT2D eigenvalue weighted by Crippen LogP contribution is -2.01. The van der Waals surface area contributed by atoms with Gasteiger partial charge >= 0.3 is 5.97 Å². The van der Waals surface area contributed by atoms with Gasteiger partial charge in [-0.05, 0) is 0 Å². The normalized spacial score (nSPS) is 13.6. The van der Waals surface area contributed by atoms with Crippen LogP contribution in [-0.2, 0) is 6.42 Å². The third kappa shape index (κ3) is 1.23. The van der Waals surface area contributed by atoms with Gasteiger partial charge in [-0.3, -0.25) is 0 Å². The van der Waals surface area contributed by atoms with E-state index in [-0.39, 0.29) is 5.56 Å². The van der Waals surface area contributed by atoms with E-state index in [4.69, 9.17) is 21.4 Å². The third-order valence-corrected chi connectivity index (χ3v) is 2.23. The summed E-state index contributed by atoms with van der Waals surface area (Å²) in [6, 6.07) is 0. The van der Waals surface area contributed by atoms with Crippen molar-refractivity contribution in [2.24, 2.45) is 0 Å². The van der Waals surface area contributed by atoms with Gasteiger partial charge in [0.05, 0.1) is 6.61 Å². The van der Waals surface area contributed by atoms with Gasteiger partial charge in [-0.2, -0.15) is 0 Å². The molecule has 0 saturated heterocycles. The fraction of sp³-hybridized carbons (Fsp3) is 0.250. The van der Waals surface area contributed by atoms with Crippen molar-refractivity contribution in [1.82, 2.24) is 4.98 Å². The number of pyridine rings is 1. The maximum atomic E-state index is 10.7. The summed E-state index contributed by atoms with van der Waals surface area (Å²) in [5.41, 5.74) is 0.776. The van der Waals surface area contributed by atoms with Crippen molar-refractivity contribution in [3.05, 3.63) is 22.5 Å². The Balaban J connectivity index is 2.62. The number of nitrogens with zero attached hydrogens (tertiary/aromatic N) is 1. The number of aromatic carboxylic acids is 1. The van der Waals surface area contributed by atoms with Crippen LogP contribution in [-0.4, -0.2) is 22.7 Å². The van der Waals surface area contributed by atoms with Crippen molar-refractivity contribution in [2.45, 2.75) is 6.42 Å². The molecule has 1 aromatic rings. The fourth-order valence-corrected chi connectivity index (χ4v) is 1.53. The lowest BCUT2D eigenvalue weighted by Gasteiger charge is -2.03. The number of carboxylic acid groups (broad SMARTS) is 1. The summed E-state index contributed by atoms with van der Waals surface area (Å²) in [6.45, 7) is 0.473. The van der Waals surface area contributed by atoms with Crippen LogP contribution in [0.1, 0.15) is 15.9 Å². The number of halogens is 1. The smallest absolute Gasteiger partial charge is 0.341 e. The second-order valence-corrected chi connectivity index (χ2v) is 3.03. The van der Waals surface area contributed by atoms with Crippen molar-refractivity contribution in [1.29, 1.82) is 0 Å².